The highest BCUT2D eigenvalue weighted by Crippen LogP contribution is 2.31. The van der Waals surface area contributed by atoms with Crippen molar-refractivity contribution in [3.8, 4) is 0 Å². The zero-order valence-electron chi connectivity index (χ0n) is 25.1. The van der Waals surface area contributed by atoms with Crippen molar-refractivity contribution in [2.75, 3.05) is 31.9 Å². The summed E-state index contributed by atoms with van der Waals surface area (Å²) in [5, 5.41) is 18.0. The Labute approximate surface area is 270 Å². The van der Waals surface area contributed by atoms with Gasteiger partial charge in [0.25, 0.3) is 0 Å². The molecule has 2 aromatic rings. The van der Waals surface area contributed by atoms with Gasteiger partial charge in [-0.2, -0.15) is 0 Å². The van der Waals surface area contributed by atoms with E-state index in [1.54, 1.807) is 0 Å². The molecule has 7 nitrogen and oxygen atoms in total. The molecule has 0 saturated carbocycles. The van der Waals surface area contributed by atoms with Gasteiger partial charge in [0.15, 0.2) is 0 Å². The molecule has 234 valence electrons. The monoisotopic (exact) mass is 647 g/mol. The van der Waals surface area contributed by atoms with Gasteiger partial charge in [-0.25, -0.2) is 14.6 Å². The molecule has 0 unspecified atom stereocenters. The summed E-state index contributed by atoms with van der Waals surface area (Å²) < 4.78 is 0. The molecule has 1 aliphatic rings. The molecule has 10 heteroatoms. The number of carbonyl (C=O) groups is 2. The zero-order valence-corrected chi connectivity index (χ0v) is 27.4. The topological polar surface area (TPSA) is 103 Å². The number of unbranched alkanes of at least 4 members (excludes halogenated alkanes) is 6. The standard InChI is InChI=1S/C29H39Cl2N3S.C4H4O4/c1-3-5-7-11-17-34(18-12-8-6-4-2)19-20-35-28-22-32-29(24-13-9-10-14-26(24)31)25-21-23(30)15-16-27(25)33-28;5-3(6)1-2-4(7)8/h9-10,13-16,21H,3-8,11-12,17-20,22H2,1-2H3;1-2H,(H,5,6)(H,7,8)/b;2-1+. The van der Waals surface area contributed by atoms with Crippen LogP contribution >= 0.6 is 35.0 Å². The predicted octanol–water partition coefficient (Wildman–Crippen LogP) is 8.78. The van der Waals surface area contributed by atoms with Crippen LogP contribution in [0.3, 0.4) is 0 Å². The average molecular weight is 649 g/mol. The Morgan fingerprint density at radius 2 is 1.49 bits per heavy atom. The number of fused-ring (bicyclic) bond motifs is 1. The first kappa shape index (κ1) is 36.5. The van der Waals surface area contributed by atoms with Crippen LogP contribution in [0.4, 0.5) is 5.69 Å². The maximum absolute atomic E-state index is 9.55. The van der Waals surface area contributed by atoms with Crippen LogP contribution in [-0.4, -0.2) is 69.7 Å². The summed E-state index contributed by atoms with van der Waals surface area (Å²) in [6.07, 6.45) is 11.6. The lowest BCUT2D eigenvalue weighted by Crippen LogP contribution is -2.29. The fraction of sp³-hybridized carbons (Fsp3) is 0.455. The first-order chi connectivity index (χ1) is 20.7. The molecule has 1 heterocycles. The molecule has 3 rings (SSSR count). The van der Waals surface area contributed by atoms with Gasteiger partial charge in [0.2, 0.25) is 0 Å². The number of hydrogen-bond acceptors (Lipinski definition) is 6. The van der Waals surface area contributed by atoms with E-state index in [1.165, 1.54) is 64.5 Å². The quantitative estimate of drug-likeness (QED) is 0.139. The van der Waals surface area contributed by atoms with Crippen molar-refractivity contribution in [3.63, 3.8) is 0 Å². The largest absolute Gasteiger partial charge is 0.478 e. The Morgan fingerprint density at radius 3 is 2.07 bits per heavy atom. The Bertz CT molecular complexity index is 1240. The smallest absolute Gasteiger partial charge is 0.328 e. The van der Waals surface area contributed by atoms with Gasteiger partial charge >= 0.3 is 11.9 Å². The third-order valence-corrected chi connectivity index (χ3v) is 8.17. The number of aliphatic imine (C=N–C) groups is 2. The molecule has 0 saturated heterocycles. The zero-order chi connectivity index (χ0) is 31.5. The normalized spacial score (nSPS) is 12.7. The van der Waals surface area contributed by atoms with Gasteiger partial charge in [-0.3, -0.25) is 4.99 Å². The summed E-state index contributed by atoms with van der Waals surface area (Å²) >= 11 is 14.7. The van der Waals surface area contributed by atoms with E-state index in [9.17, 15) is 9.59 Å². The van der Waals surface area contributed by atoms with Crippen molar-refractivity contribution in [1.29, 1.82) is 0 Å². The van der Waals surface area contributed by atoms with Crippen LogP contribution in [0, 0.1) is 0 Å². The van der Waals surface area contributed by atoms with Crippen molar-refractivity contribution < 1.29 is 19.8 Å². The number of aliphatic carboxylic acids is 2. The molecule has 0 atom stereocenters. The van der Waals surface area contributed by atoms with Crippen LogP contribution in [0.25, 0.3) is 0 Å². The molecule has 2 aromatic carbocycles. The maximum Gasteiger partial charge on any atom is 0.328 e. The lowest BCUT2D eigenvalue weighted by Gasteiger charge is -2.22. The number of rotatable bonds is 16. The van der Waals surface area contributed by atoms with Crippen molar-refractivity contribution in [2.45, 2.75) is 65.2 Å². The molecule has 0 aliphatic carbocycles. The van der Waals surface area contributed by atoms with Gasteiger partial charge in [-0.15, -0.1) is 11.8 Å². The fourth-order valence-corrected chi connectivity index (χ4v) is 5.75. The molecule has 0 spiro atoms. The molecule has 0 bridgehead atoms. The Kier molecular flexibility index (Phi) is 17.9. The molecule has 0 aromatic heterocycles. The van der Waals surface area contributed by atoms with Crippen LogP contribution in [-0.2, 0) is 9.59 Å². The van der Waals surface area contributed by atoms with Gasteiger partial charge in [-0.1, -0.05) is 93.8 Å². The third-order valence-electron chi connectivity index (χ3n) is 6.66. The van der Waals surface area contributed by atoms with Gasteiger partial charge in [0.05, 0.1) is 23.0 Å². The van der Waals surface area contributed by atoms with E-state index in [4.69, 9.17) is 43.4 Å². The molecule has 43 heavy (non-hydrogen) atoms. The second kappa shape index (κ2) is 21.1. The van der Waals surface area contributed by atoms with Crippen LogP contribution in [0.5, 0.6) is 0 Å². The molecule has 0 radical (unpaired) electrons. The second-order valence-electron chi connectivity index (χ2n) is 10.1. The SMILES string of the molecule is CCCCCCN(CCCCCC)CCSC1=Nc2ccc(Cl)cc2C(c2ccccc2Cl)=NC1.O=C(O)/C=C/C(=O)O. The predicted molar refractivity (Wildman–Crippen MR) is 182 cm³/mol. The first-order valence-electron chi connectivity index (χ1n) is 14.9. The van der Waals surface area contributed by atoms with Gasteiger partial charge < -0.3 is 15.1 Å². The number of thioether (sulfide) groups is 1. The van der Waals surface area contributed by atoms with Crippen molar-refractivity contribution in [2.24, 2.45) is 9.98 Å². The van der Waals surface area contributed by atoms with E-state index in [0.29, 0.717) is 28.7 Å². The highest BCUT2D eigenvalue weighted by molar-refractivity contribution is 8.14. The molecular formula is C33H43Cl2N3O4S. The van der Waals surface area contributed by atoms with Crippen LogP contribution < -0.4 is 0 Å². The number of carboxylic acids is 2. The van der Waals surface area contributed by atoms with Crippen molar-refractivity contribution in [3.05, 3.63) is 75.8 Å². The van der Waals surface area contributed by atoms with E-state index in [0.717, 1.165) is 39.9 Å². The van der Waals surface area contributed by atoms with Gasteiger partial charge in [0.1, 0.15) is 0 Å². The molecule has 0 amide bonds. The Balaban J connectivity index is 0.000000708. The van der Waals surface area contributed by atoms with E-state index in [-0.39, 0.29) is 0 Å². The molecule has 2 N–H and O–H groups in total. The minimum absolute atomic E-state index is 0.558. The Morgan fingerprint density at radius 1 is 0.860 bits per heavy atom. The number of nitrogens with zero attached hydrogens (tertiary/aromatic N) is 3. The molecule has 1 aliphatic heterocycles. The van der Waals surface area contributed by atoms with Gasteiger partial charge in [0, 0.05) is 45.6 Å². The summed E-state index contributed by atoms with van der Waals surface area (Å²) in [5.74, 6) is -1.49. The summed E-state index contributed by atoms with van der Waals surface area (Å²) in [6.45, 7) is 8.61. The second-order valence-corrected chi connectivity index (χ2v) is 12.1. The van der Waals surface area contributed by atoms with Crippen LogP contribution in [0.15, 0.2) is 64.6 Å². The van der Waals surface area contributed by atoms with Gasteiger partial charge in [-0.05, 0) is 50.2 Å². The highest BCUT2D eigenvalue weighted by Gasteiger charge is 2.19. The van der Waals surface area contributed by atoms with Crippen LogP contribution in [0.1, 0.15) is 76.3 Å². The molecule has 0 fully saturated rings. The number of halogens is 2. The minimum Gasteiger partial charge on any atom is -0.478 e. The fourth-order valence-electron chi connectivity index (χ4n) is 4.45. The van der Waals surface area contributed by atoms with Crippen molar-refractivity contribution >= 4 is 63.3 Å². The molecular weight excluding hydrogens is 605 g/mol. The first-order valence-corrected chi connectivity index (χ1v) is 16.6. The van der Waals surface area contributed by atoms with E-state index in [1.807, 2.05) is 54.2 Å². The van der Waals surface area contributed by atoms with E-state index >= 15 is 0 Å². The van der Waals surface area contributed by atoms with Crippen molar-refractivity contribution in [1.82, 2.24) is 4.90 Å². The van der Waals surface area contributed by atoms with Crippen LogP contribution in [0.2, 0.25) is 10.0 Å². The maximum atomic E-state index is 9.55. The summed E-state index contributed by atoms with van der Waals surface area (Å²) in [7, 11) is 0. The summed E-state index contributed by atoms with van der Waals surface area (Å²) in [5.41, 5.74) is 3.63. The number of hydrogen-bond donors (Lipinski definition) is 2. The third kappa shape index (κ3) is 14.6. The summed E-state index contributed by atoms with van der Waals surface area (Å²) in [6, 6.07) is 13.7. The Hall–Kier alpha value is -2.65. The van der Waals surface area contributed by atoms with E-state index < -0.39 is 11.9 Å². The minimum atomic E-state index is -1.26. The number of benzene rings is 2. The summed E-state index contributed by atoms with van der Waals surface area (Å²) in [4.78, 5) is 31.7. The number of carboxylic acid groups (broad SMARTS) is 2. The van der Waals surface area contributed by atoms with E-state index in [2.05, 4.69) is 18.7 Å². The lowest BCUT2D eigenvalue weighted by atomic mass is 10.0. The average Bonchev–Trinajstić information content (AvgIpc) is 3.15. The lowest BCUT2D eigenvalue weighted by molar-refractivity contribution is -0.134. The highest BCUT2D eigenvalue weighted by atomic mass is 35.5.